The third kappa shape index (κ3) is 5.49. The van der Waals surface area contributed by atoms with Gasteiger partial charge in [0, 0.05) is 11.8 Å². The average molecular weight is 243 g/mol. The van der Waals surface area contributed by atoms with Crippen LogP contribution in [0.15, 0.2) is 24.3 Å². The van der Waals surface area contributed by atoms with E-state index in [1.807, 2.05) is 12.1 Å². The van der Waals surface area contributed by atoms with Crippen LogP contribution in [0.1, 0.15) is 18.9 Å². The highest BCUT2D eigenvalue weighted by molar-refractivity contribution is 7.93. The zero-order valence-corrected chi connectivity index (χ0v) is 10.3. The molecule has 1 atom stereocenters. The molecule has 0 amide bonds. The van der Waals surface area contributed by atoms with Crippen LogP contribution in [-0.4, -0.2) is 22.9 Å². The molecule has 0 radical (unpaired) electrons. The predicted octanol–water partition coefficient (Wildman–Crippen LogP) is 2.94. The summed E-state index contributed by atoms with van der Waals surface area (Å²) in [6.45, 7) is 3.01. The minimum atomic E-state index is -0.190. The smallest absolute Gasteiger partial charge is 0.123 e. The molecular formula is C12H18FNOS. The highest BCUT2D eigenvalue weighted by Gasteiger charge is 2.02. The monoisotopic (exact) mass is 243 g/mol. The van der Waals surface area contributed by atoms with Crippen molar-refractivity contribution in [2.45, 2.75) is 25.8 Å². The fourth-order valence-electron chi connectivity index (χ4n) is 1.53. The topological polar surface area (TPSA) is 32.3 Å². The summed E-state index contributed by atoms with van der Waals surface area (Å²) in [7, 11) is 0. The molecule has 2 nitrogen and oxygen atoms in total. The molecule has 4 heteroatoms. The van der Waals surface area contributed by atoms with Gasteiger partial charge in [-0.3, -0.25) is 0 Å². The van der Waals surface area contributed by atoms with E-state index in [0.29, 0.717) is 6.04 Å². The number of benzene rings is 1. The lowest BCUT2D eigenvalue weighted by atomic mass is 10.1. The van der Waals surface area contributed by atoms with E-state index >= 15 is 0 Å². The molecule has 0 bridgehead atoms. The van der Waals surface area contributed by atoms with Crippen LogP contribution in [0, 0.1) is 5.82 Å². The summed E-state index contributed by atoms with van der Waals surface area (Å²) in [6.07, 6.45) is 1.85. The van der Waals surface area contributed by atoms with Crippen molar-refractivity contribution in [3.05, 3.63) is 35.6 Å². The Hall–Kier alpha value is -0.580. The number of hydrogen-bond donors (Lipinski definition) is 2. The van der Waals surface area contributed by atoms with Gasteiger partial charge in [0.25, 0.3) is 0 Å². The SMILES string of the molecule is CC(Cc1ccc(F)cc1)NCCCSO. The molecule has 0 heterocycles. The van der Waals surface area contributed by atoms with Crippen LogP contribution in [0.5, 0.6) is 0 Å². The van der Waals surface area contributed by atoms with E-state index in [1.165, 1.54) is 12.1 Å². The Morgan fingerprint density at radius 1 is 1.38 bits per heavy atom. The first kappa shape index (κ1) is 13.5. The van der Waals surface area contributed by atoms with Crippen molar-refractivity contribution < 1.29 is 8.94 Å². The zero-order chi connectivity index (χ0) is 11.8. The fourth-order valence-corrected chi connectivity index (χ4v) is 1.80. The van der Waals surface area contributed by atoms with Crippen LogP contribution in [0.4, 0.5) is 4.39 Å². The number of hydrogen-bond acceptors (Lipinski definition) is 3. The summed E-state index contributed by atoms with van der Waals surface area (Å²) in [5, 5.41) is 3.36. The van der Waals surface area contributed by atoms with E-state index in [0.717, 1.165) is 42.7 Å². The molecule has 2 N–H and O–H groups in total. The van der Waals surface area contributed by atoms with Gasteiger partial charge in [-0.25, -0.2) is 4.39 Å². The second-order valence-corrected chi connectivity index (χ2v) is 4.54. The Bertz CT molecular complexity index is 292. The first-order valence-corrected chi connectivity index (χ1v) is 6.41. The lowest BCUT2D eigenvalue weighted by Gasteiger charge is -2.13. The molecule has 0 saturated heterocycles. The van der Waals surface area contributed by atoms with Crippen molar-refractivity contribution in [2.24, 2.45) is 0 Å². The van der Waals surface area contributed by atoms with Crippen LogP contribution < -0.4 is 5.32 Å². The summed E-state index contributed by atoms with van der Waals surface area (Å²) in [6, 6.07) is 6.98. The minimum Gasteiger partial charge on any atom is -0.330 e. The quantitative estimate of drug-likeness (QED) is 0.570. The molecule has 1 unspecified atom stereocenters. The largest absolute Gasteiger partial charge is 0.330 e. The van der Waals surface area contributed by atoms with Gasteiger partial charge in [-0.2, -0.15) is 0 Å². The fraction of sp³-hybridized carbons (Fsp3) is 0.500. The molecule has 1 rings (SSSR count). The summed E-state index contributed by atoms with van der Waals surface area (Å²) >= 11 is 0.877. The van der Waals surface area contributed by atoms with Crippen molar-refractivity contribution in [3.8, 4) is 0 Å². The van der Waals surface area contributed by atoms with Crippen LogP contribution in [0.3, 0.4) is 0 Å². The summed E-state index contributed by atoms with van der Waals surface area (Å²) in [5.41, 5.74) is 1.14. The molecule has 0 aliphatic rings. The molecule has 0 aliphatic carbocycles. The van der Waals surface area contributed by atoms with E-state index in [9.17, 15) is 4.39 Å². The zero-order valence-electron chi connectivity index (χ0n) is 9.45. The van der Waals surface area contributed by atoms with Crippen molar-refractivity contribution in [2.75, 3.05) is 12.3 Å². The van der Waals surface area contributed by atoms with Gasteiger partial charge in [0.15, 0.2) is 0 Å². The van der Waals surface area contributed by atoms with Crippen LogP contribution in [0.25, 0.3) is 0 Å². The second kappa shape index (κ2) is 7.65. The Labute approximate surface area is 100 Å². The maximum Gasteiger partial charge on any atom is 0.123 e. The predicted molar refractivity (Wildman–Crippen MR) is 67.3 cm³/mol. The molecule has 1 aromatic rings. The third-order valence-electron chi connectivity index (χ3n) is 2.36. The maximum atomic E-state index is 12.7. The Morgan fingerprint density at radius 3 is 2.69 bits per heavy atom. The van der Waals surface area contributed by atoms with E-state index in [2.05, 4.69) is 12.2 Å². The first-order valence-electron chi connectivity index (χ1n) is 5.46. The molecule has 1 aromatic carbocycles. The van der Waals surface area contributed by atoms with Gasteiger partial charge in [0.05, 0.1) is 0 Å². The number of rotatable bonds is 7. The van der Waals surface area contributed by atoms with Crippen molar-refractivity contribution in [3.63, 3.8) is 0 Å². The van der Waals surface area contributed by atoms with Gasteiger partial charge in [0.1, 0.15) is 5.82 Å². The van der Waals surface area contributed by atoms with Gasteiger partial charge in [-0.1, -0.05) is 12.1 Å². The molecule has 16 heavy (non-hydrogen) atoms. The number of nitrogens with one attached hydrogen (secondary N) is 1. The number of halogens is 1. The molecule has 0 spiro atoms. The Balaban J connectivity index is 2.23. The van der Waals surface area contributed by atoms with E-state index in [-0.39, 0.29) is 5.82 Å². The molecule has 0 aromatic heterocycles. The van der Waals surface area contributed by atoms with Crippen molar-refractivity contribution in [1.29, 1.82) is 0 Å². The molecule has 0 fully saturated rings. The summed E-state index contributed by atoms with van der Waals surface area (Å²) in [4.78, 5) is 0. The molecule has 0 aliphatic heterocycles. The first-order chi connectivity index (χ1) is 7.72. The lowest BCUT2D eigenvalue weighted by molar-refractivity contribution is 0.542. The standard InChI is InChI=1S/C12H18FNOS/c1-10(14-7-2-8-16-15)9-11-3-5-12(13)6-4-11/h3-6,10,14-15H,2,7-9H2,1H3. The van der Waals surface area contributed by atoms with Gasteiger partial charge >= 0.3 is 0 Å². The van der Waals surface area contributed by atoms with Gasteiger partial charge in [-0.05, 0) is 56.0 Å². The molecule has 90 valence electrons. The van der Waals surface area contributed by atoms with Gasteiger partial charge in [-0.15, -0.1) is 0 Å². The molecule has 0 saturated carbocycles. The Morgan fingerprint density at radius 2 is 2.06 bits per heavy atom. The summed E-state index contributed by atoms with van der Waals surface area (Å²) in [5.74, 6) is 0.570. The average Bonchev–Trinajstić information content (AvgIpc) is 2.28. The van der Waals surface area contributed by atoms with Crippen molar-refractivity contribution in [1.82, 2.24) is 5.32 Å². The third-order valence-corrected chi connectivity index (χ3v) is 2.83. The van der Waals surface area contributed by atoms with Crippen LogP contribution >= 0.6 is 12.0 Å². The van der Waals surface area contributed by atoms with Crippen LogP contribution in [-0.2, 0) is 6.42 Å². The Kier molecular flexibility index (Phi) is 6.45. The van der Waals surface area contributed by atoms with Gasteiger partial charge < -0.3 is 9.87 Å². The van der Waals surface area contributed by atoms with Crippen LogP contribution in [0.2, 0.25) is 0 Å². The van der Waals surface area contributed by atoms with E-state index in [1.54, 1.807) is 0 Å². The van der Waals surface area contributed by atoms with E-state index < -0.39 is 0 Å². The highest BCUT2D eigenvalue weighted by atomic mass is 32.2. The maximum absolute atomic E-state index is 12.7. The molecular weight excluding hydrogens is 225 g/mol. The van der Waals surface area contributed by atoms with Crippen molar-refractivity contribution >= 4 is 12.0 Å². The minimum absolute atomic E-state index is 0.190. The summed E-state index contributed by atoms with van der Waals surface area (Å²) < 4.78 is 21.2. The van der Waals surface area contributed by atoms with Gasteiger partial charge in [0.2, 0.25) is 0 Å². The highest BCUT2D eigenvalue weighted by Crippen LogP contribution is 2.05. The lowest BCUT2D eigenvalue weighted by Crippen LogP contribution is -2.29. The normalized spacial score (nSPS) is 12.7. The van der Waals surface area contributed by atoms with E-state index in [4.69, 9.17) is 4.55 Å². The second-order valence-electron chi connectivity index (χ2n) is 3.87.